The van der Waals surface area contributed by atoms with Crippen LogP contribution in [0.25, 0.3) is 0 Å². The fourth-order valence-electron chi connectivity index (χ4n) is 2.89. The largest absolute Gasteiger partial charge is 0.481 e. The lowest BCUT2D eigenvalue weighted by atomic mass is 9.99. The number of carbonyl (C=O) groups excluding carboxylic acids is 1. The van der Waals surface area contributed by atoms with Gasteiger partial charge in [0.2, 0.25) is 5.91 Å². The standard InChI is InChI=1S/C19H25N3O3/c1-13-17(14(2)22(3)21-13)9-10-18(23)20-12-16(19(24)25)11-15-7-5-4-6-8-15/h4-8,16H,9-12H2,1-3H3,(H,20,23)(H,24,25). The number of hydrogen-bond acceptors (Lipinski definition) is 3. The molecule has 134 valence electrons. The first-order chi connectivity index (χ1) is 11.9. The minimum absolute atomic E-state index is 0.133. The van der Waals surface area contributed by atoms with Gasteiger partial charge >= 0.3 is 5.97 Å². The highest BCUT2D eigenvalue weighted by atomic mass is 16.4. The van der Waals surface area contributed by atoms with Crippen LogP contribution in [0.15, 0.2) is 30.3 Å². The smallest absolute Gasteiger partial charge is 0.308 e. The first kappa shape index (κ1) is 18.7. The van der Waals surface area contributed by atoms with Gasteiger partial charge in [-0.1, -0.05) is 30.3 Å². The molecule has 1 amide bonds. The maximum Gasteiger partial charge on any atom is 0.308 e. The molecule has 2 N–H and O–H groups in total. The summed E-state index contributed by atoms with van der Waals surface area (Å²) in [6, 6.07) is 9.44. The van der Waals surface area contributed by atoms with Gasteiger partial charge < -0.3 is 10.4 Å². The number of amides is 1. The molecule has 0 aliphatic rings. The molecule has 0 fully saturated rings. The molecule has 6 heteroatoms. The van der Waals surface area contributed by atoms with Gasteiger partial charge in [0.05, 0.1) is 11.6 Å². The highest BCUT2D eigenvalue weighted by molar-refractivity contribution is 5.77. The van der Waals surface area contributed by atoms with Crippen LogP contribution >= 0.6 is 0 Å². The van der Waals surface area contributed by atoms with E-state index in [2.05, 4.69) is 10.4 Å². The summed E-state index contributed by atoms with van der Waals surface area (Å²) in [7, 11) is 1.88. The molecule has 1 aromatic heterocycles. The second kappa shape index (κ2) is 8.46. The maximum absolute atomic E-state index is 12.1. The average Bonchev–Trinajstić information content (AvgIpc) is 2.82. The van der Waals surface area contributed by atoms with E-state index in [1.165, 1.54) is 0 Å². The first-order valence-electron chi connectivity index (χ1n) is 8.41. The lowest BCUT2D eigenvalue weighted by Gasteiger charge is -2.13. The molecule has 6 nitrogen and oxygen atoms in total. The van der Waals surface area contributed by atoms with Crippen molar-refractivity contribution in [3.63, 3.8) is 0 Å². The number of carbonyl (C=O) groups is 2. The predicted octanol–water partition coefficient (Wildman–Crippen LogP) is 2.03. The third-order valence-electron chi connectivity index (χ3n) is 4.48. The van der Waals surface area contributed by atoms with Crippen molar-refractivity contribution in [2.45, 2.75) is 33.1 Å². The lowest BCUT2D eigenvalue weighted by Crippen LogP contribution is -2.34. The van der Waals surface area contributed by atoms with Crippen molar-refractivity contribution in [2.24, 2.45) is 13.0 Å². The third kappa shape index (κ3) is 5.17. The summed E-state index contributed by atoms with van der Waals surface area (Å²) in [4.78, 5) is 23.5. The SMILES string of the molecule is Cc1nn(C)c(C)c1CCC(=O)NCC(Cc1ccccc1)C(=O)O. The molecule has 1 unspecified atom stereocenters. The minimum atomic E-state index is -0.900. The van der Waals surface area contributed by atoms with Gasteiger partial charge in [0, 0.05) is 25.7 Å². The molecule has 1 atom stereocenters. The minimum Gasteiger partial charge on any atom is -0.481 e. The van der Waals surface area contributed by atoms with Crippen LogP contribution in [0.2, 0.25) is 0 Å². The zero-order valence-electron chi connectivity index (χ0n) is 15.0. The summed E-state index contributed by atoms with van der Waals surface area (Å²) in [5, 5.41) is 16.5. The topological polar surface area (TPSA) is 84.2 Å². The summed E-state index contributed by atoms with van der Waals surface area (Å²) < 4.78 is 1.81. The van der Waals surface area contributed by atoms with Gasteiger partial charge in [-0.05, 0) is 37.8 Å². The Balaban J connectivity index is 1.85. The van der Waals surface area contributed by atoms with Crippen LogP contribution in [0, 0.1) is 19.8 Å². The third-order valence-corrected chi connectivity index (χ3v) is 4.48. The summed E-state index contributed by atoms with van der Waals surface area (Å²) in [5.41, 5.74) is 4.01. The Labute approximate surface area is 147 Å². The van der Waals surface area contributed by atoms with Crippen molar-refractivity contribution in [1.29, 1.82) is 0 Å². The molecule has 2 aromatic rings. The normalized spacial score (nSPS) is 12.0. The number of aliphatic carboxylic acids is 1. The Hall–Kier alpha value is -2.63. The molecular formula is C19H25N3O3. The van der Waals surface area contributed by atoms with Crippen molar-refractivity contribution in [1.82, 2.24) is 15.1 Å². The van der Waals surface area contributed by atoms with E-state index in [9.17, 15) is 14.7 Å². The summed E-state index contributed by atoms with van der Waals surface area (Å²) in [6.45, 7) is 4.04. The number of carboxylic acids is 1. The fourth-order valence-corrected chi connectivity index (χ4v) is 2.89. The monoisotopic (exact) mass is 343 g/mol. The zero-order valence-corrected chi connectivity index (χ0v) is 15.0. The van der Waals surface area contributed by atoms with Crippen LogP contribution in [0.4, 0.5) is 0 Å². The van der Waals surface area contributed by atoms with Crippen LogP contribution in [0.1, 0.15) is 28.9 Å². The molecule has 0 radical (unpaired) electrons. The predicted molar refractivity (Wildman–Crippen MR) is 95.3 cm³/mol. The Morgan fingerprint density at radius 1 is 1.24 bits per heavy atom. The quantitative estimate of drug-likeness (QED) is 0.768. The number of nitrogens with zero attached hydrogens (tertiary/aromatic N) is 2. The van der Waals surface area contributed by atoms with E-state index in [0.717, 1.165) is 22.5 Å². The van der Waals surface area contributed by atoms with E-state index >= 15 is 0 Å². The maximum atomic E-state index is 12.1. The van der Waals surface area contributed by atoms with Gasteiger partial charge in [0.1, 0.15) is 0 Å². The number of hydrogen-bond donors (Lipinski definition) is 2. The fraction of sp³-hybridized carbons (Fsp3) is 0.421. The highest BCUT2D eigenvalue weighted by Gasteiger charge is 2.19. The molecule has 1 aromatic carbocycles. The van der Waals surface area contributed by atoms with Gasteiger partial charge in [0.15, 0.2) is 0 Å². The van der Waals surface area contributed by atoms with Crippen LogP contribution in [0.3, 0.4) is 0 Å². The van der Waals surface area contributed by atoms with Crippen molar-refractivity contribution >= 4 is 11.9 Å². The van der Waals surface area contributed by atoms with Crippen LogP contribution in [-0.2, 0) is 29.5 Å². The van der Waals surface area contributed by atoms with Crippen molar-refractivity contribution in [3.05, 3.63) is 52.8 Å². The first-order valence-corrected chi connectivity index (χ1v) is 8.41. The summed E-state index contributed by atoms with van der Waals surface area (Å²) in [5.74, 6) is -1.67. The Morgan fingerprint density at radius 2 is 1.92 bits per heavy atom. The van der Waals surface area contributed by atoms with E-state index in [0.29, 0.717) is 19.3 Å². The van der Waals surface area contributed by atoms with E-state index in [1.807, 2.05) is 55.9 Å². The van der Waals surface area contributed by atoms with E-state index in [1.54, 1.807) is 0 Å². The highest BCUT2D eigenvalue weighted by Crippen LogP contribution is 2.14. The van der Waals surface area contributed by atoms with Crippen molar-refractivity contribution in [3.8, 4) is 0 Å². The Morgan fingerprint density at radius 3 is 2.48 bits per heavy atom. The number of aromatic nitrogens is 2. The van der Waals surface area contributed by atoms with Crippen LogP contribution in [0.5, 0.6) is 0 Å². The van der Waals surface area contributed by atoms with Crippen LogP contribution < -0.4 is 5.32 Å². The number of rotatable bonds is 8. The Kier molecular flexibility index (Phi) is 6.33. The van der Waals surface area contributed by atoms with Gasteiger partial charge in [0.25, 0.3) is 0 Å². The molecule has 0 saturated carbocycles. The second-order valence-electron chi connectivity index (χ2n) is 6.30. The number of aryl methyl sites for hydroxylation is 2. The van der Waals surface area contributed by atoms with Crippen molar-refractivity contribution in [2.75, 3.05) is 6.54 Å². The average molecular weight is 343 g/mol. The molecule has 2 rings (SSSR count). The molecular weight excluding hydrogens is 318 g/mol. The van der Waals surface area contributed by atoms with Crippen molar-refractivity contribution < 1.29 is 14.7 Å². The molecule has 0 bridgehead atoms. The van der Waals surface area contributed by atoms with E-state index in [4.69, 9.17) is 0 Å². The van der Waals surface area contributed by atoms with Gasteiger partial charge in [-0.3, -0.25) is 14.3 Å². The van der Waals surface area contributed by atoms with Crippen LogP contribution in [-0.4, -0.2) is 33.3 Å². The zero-order chi connectivity index (χ0) is 18.4. The molecule has 0 saturated heterocycles. The van der Waals surface area contributed by atoms with Gasteiger partial charge in [-0.15, -0.1) is 0 Å². The number of carboxylic acid groups (broad SMARTS) is 1. The number of nitrogens with one attached hydrogen (secondary N) is 1. The molecule has 0 aliphatic carbocycles. The molecule has 0 aliphatic heterocycles. The molecule has 1 heterocycles. The Bertz CT molecular complexity index is 738. The number of benzene rings is 1. The second-order valence-corrected chi connectivity index (χ2v) is 6.30. The van der Waals surface area contributed by atoms with E-state index < -0.39 is 11.9 Å². The van der Waals surface area contributed by atoms with E-state index in [-0.39, 0.29) is 12.5 Å². The summed E-state index contributed by atoms with van der Waals surface area (Å²) >= 11 is 0. The lowest BCUT2D eigenvalue weighted by molar-refractivity contribution is -0.141. The van der Waals surface area contributed by atoms with Gasteiger partial charge in [-0.25, -0.2) is 0 Å². The summed E-state index contributed by atoms with van der Waals surface area (Å²) in [6.07, 6.45) is 1.33. The molecule has 25 heavy (non-hydrogen) atoms. The van der Waals surface area contributed by atoms with Gasteiger partial charge in [-0.2, -0.15) is 5.10 Å². The molecule has 0 spiro atoms.